The van der Waals surface area contributed by atoms with Gasteiger partial charge in [0.2, 0.25) is 0 Å². The fourth-order valence-corrected chi connectivity index (χ4v) is 0. The lowest BCUT2D eigenvalue weighted by Crippen LogP contribution is -1.86. The minimum absolute atomic E-state index is 0.222. The van der Waals surface area contributed by atoms with E-state index < -0.39 is 5.97 Å². The summed E-state index contributed by atoms with van der Waals surface area (Å²) in [5, 5.41) is 7.72. The van der Waals surface area contributed by atoms with Gasteiger partial charge in [0.1, 0.15) is 0 Å². The first-order valence-electron chi connectivity index (χ1n) is 3.22. The molecule has 2 heteroatoms. The van der Waals surface area contributed by atoms with Crippen molar-refractivity contribution in [2.24, 2.45) is 5.92 Å². The maximum atomic E-state index is 9.37. The molecule has 0 aromatic carbocycles. The summed E-state index contributed by atoms with van der Waals surface area (Å²) in [5.41, 5.74) is 0. The molecule has 0 amide bonds. The summed E-state index contributed by atoms with van der Waals surface area (Å²) in [5.74, 6) is 0.0880. The van der Waals surface area contributed by atoms with Gasteiger partial charge in [-0.05, 0) is 5.92 Å². The first-order valence-corrected chi connectivity index (χ1v) is 3.22. The van der Waals surface area contributed by atoms with Crippen molar-refractivity contribution >= 4 is 5.97 Å². The van der Waals surface area contributed by atoms with E-state index in [-0.39, 0.29) is 6.42 Å². The van der Waals surface area contributed by atoms with Crippen molar-refractivity contribution in [3.63, 3.8) is 0 Å². The smallest absolute Gasteiger partial charge is 0.303 e. The van der Waals surface area contributed by atoms with E-state index in [0.717, 1.165) is 5.92 Å². The van der Waals surface area contributed by atoms with E-state index in [4.69, 9.17) is 5.11 Å². The summed E-state index contributed by atoms with van der Waals surface area (Å²) in [6.45, 7) is 8.10. The second-order valence-electron chi connectivity index (χ2n) is 2.48. The Hall–Kier alpha value is -0.530. The maximum absolute atomic E-state index is 9.37. The molecular weight excluding hydrogens is 116 g/mol. The van der Waals surface area contributed by atoms with E-state index in [2.05, 4.69) is 20.8 Å². The molecule has 0 spiro atoms. The van der Waals surface area contributed by atoms with Gasteiger partial charge in [-0.25, -0.2) is 0 Å². The fourth-order valence-electron chi connectivity index (χ4n) is 0. The van der Waals surface area contributed by atoms with Gasteiger partial charge in [-0.1, -0.05) is 27.7 Å². The van der Waals surface area contributed by atoms with Crippen molar-refractivity contribution in [2.75, 3.05) is 0 Å². The van der Waals surface area contributed by atoms with Crippen molar-refractivity contribution in [3.8, 4) is 0 Å². The molecule has 0 radical (unpaired) electrons. The summed E-state index contributed by atoms with van der Waals surface area (Å²) in [7, 11) is 0. The van der Waals surface area contributed by atoms with Crippen LogP contribution in [-0.4, -0.2) is 11.1 Å². The molecule has 0 aromatic rings. The molecule has 9 heavy (non-hydrogen) atoms. The average Bonchev–Trinajstić information content (AvgIpc) is 1.65. The molecule has 0 rings (SSSR count). The molecule has 0 unspecified atom stereocenters. The second kappa shape index (κ2) is 7.47. The van der Waals surface area contributed by atoms with Crippen LogP contribution in [0, 0.1) is 5.92 Å². The normalized spacial score (nSPS) is 8.11. The molecule has 2 nitrogen and oxygen atoms in total. The Morgan fingerprint density at radius 2 is 1.56 bits per heavy atom. The van der Waals surface area contributed by atoms with Crippen molar-refractivity contribution in [1.82, 2.24) is 0 Å². The molecular formula is C7H16O2. The average molecular weight is 132 g/mol. The van der Waals surface area contributed by atoms with Crippen LogP contribution in [0.2, 0.25) is 0 Å². The number of rotatable bonds is 1. The van der Waals surface area contributed by atoms with E-state index in [1.54, 1.807) is 6.92 Å². The van der Waals surface area contributed by atoms with Crippen molar-refractivity contribution < 1.29 is 9.90 Å². The SMILES string of the molecule is CC(C)C.CCC(=O)O. The first kappa shape index (κ1) is 11.3. The monoisotopic (exact) mass is 132 g/mol. The lowest BCUT2D eigenvalue weighted by Gasteiger charge is -1.79. The van der Waals surface area contributed by atoms with Crippen molar-refractivity contribution in [3.05, 3.63) is 0 Å². The molecule has 0 aliphatic rings. The van der Waals surface area contributed by atoms with Gasteiger partial charge in [0, 0.05) is 6.42 Å². The number of carboxylic acid groups (broad SMARTS) is 1. The molecule has 1 N–H and O–H groups in total. The van der Waals surface area contributed by atoms with E-state index in [9.17, 15) is 4.79 Å². The van der Waals surface area contributed by atoms with Crippen LogP contribution in [-0.2, 0) is 4.79 Å². The topological polar surface area (TPSA) is 37.3 Å². The molecule has 0 fully saturated rings. The van der Waals surface area contributed by atoms with Crippen LogP contribution in [0.4, 0.5) is 0 Å². The van der Waals surface area contributed by atoms with Gasteiger partial charge in [0.05, 0.1) is 0 Å². The predicted molar refractivity (Wildman–Crippen MR) is 38.4 cm³/mol. The molecule has 0 atom stereocenters. The Bertz CT molecular complexity index is 64.6. The van der Waals surface area contributed by atoms with E-state index in [1.807, 2.05) is 0 Å². The number of carbonyl (C=O) groups is 1. The van der Waals surface area contributed by atoms with Gasteiger partial charge in [-0.2, -0.15) is 0 Å². The Kier molecular flexibility index (Phi) is 9.37. The summed E-state index contributed by atoms with van der Waals surface area (Å²) in [6, 6.07) is 0. The predicted octanol–water partition coefficient (Wildman–Crippen LogP) is 2.14. The largest absolute Gasteiger partial charge is 0.481 e. The number of aliphatic carboxylic acids is 1. The van der Waals surface area contributed by atoms with Crippen LogP contribution in [0.5, 0.6) is 0 Å². The highest BCUT2D eigenvalue weighted by atomic mass is 16.4. The molecule has 0 aromatic heterocycles. The van der Waals surface area contributed by atoms with Crippen LogP contribution in [0.25, 0.3) is 0 Å². The third-order valence-corrected chi connectivity index (χ3v) is 0.302. The molecule has 0 saturated heterocycles. The van der Waals surface area contributed by atoms with Gasteiger partial charge >= 0.3 is 5.97 Å². The standard InChI is InChI=1S/C4H10.C3H6O2/c1-4(2)3;1-2-3(4)5/h4H,1-3H3;2H2,1H3,(H,4,5). The molecule has 56 valence electrons. The van der Waals surface area contributed by atoms with Crippen LogP contribution in [0.1, 0.15) is 34.1 Å². The second-order valence-corrected chi connectivity index (χ2v) is 2.48. The number of hydrogen-bond donors (Lipinski definition) is 1. The first-order chi connectivity index (χ1) is 4.00. The van der Waals surface area contributed by atoms with Crippen LogP contribution in [0.15, 0.2) is 0 Å². The minimum atomic E-state index is -0.745. The highest BCUT2D eigenvalue weighted by molar-refractivity contribution is 5.66. The summed E-state index contributed by atoms with van der Waals surface area (Å²) in [6.07, 6.45) is 0.222. The van der Waals surface area contributed by atoms with E-state index in [0.29, 0.717) is 0 Å². The Morgan fingerprint density at radius 1 is 1.44 bits per heavy atom. The van der Waals surface area contributed by atoms with Crippen LogP contribution in [0.3, 0.4) is 0 Å². The third kappa shape index (κ3) is 103. The van der Waals surface area contributed by atoms with Crippen LogP contribution < -0.4 is 0 Å². The zero-order valence-corrected chi connectivity index (χ0v) is 6.64. The van der Waals surface area contributed by atoms with Crippen molar-refractivity contribution in [2.45, 2.75) is 34.1 Å². The number of carboxylic acids is 1. The Labute approximate surface area is 56.9 Å². The molecule has 0 heterocycles. The fraction of sp³-hybridized carbons (Fsp3) is 0.857. The lowest BCUT2D eigenvalue weighted by molar-refractivity contribution is -0.136. The zero-order chi connectivity index (χ0) is 7.86. The highest BCUT2D eigenvalue weighted by Gasteiger charge is 1.80. The quantitative estimate of drug-likeness (QED) is 0.593. The molecule has 0 aliphatic heterocycles. The molecule has 0 bridgehead atoms. The van der Waals surface area contributed by atoms with Gasteiger partial charge in [0.25, 0.3) is 0 Å². The maximum Gasteiger partial charge on any atom is 0.303 e. The summed E-state index contributed by atoms with van der Waals surface area (Å²) < 4.78 is 0. The Balaban J connectivity index is 0. The van der Waals surface area contributed by atoms with Crippen LogP contribution >= 0.6 is 0 Å². The van der Waals surface area contributed by atoms with Gasteiger partial charge in [-0.3, -0.25) is 4.79 Å². The third-order valence-electron chi connectivity index (χ3n) is 0.302. The lowest BCUT2D eigenvalue weighted by atomic mass is 10.3. The van der Waals surface area contributed by atoms with Crippen molar-refractivity contribution in [1.29, 1.82) is 0 Å². The van der Waals surface area contributed by atoms with Gasteiger partial charge in [-0.15, -0.1) is 0 Å². The minimum Gasteiger partial charge on any atom is -0.481 e. The highest BCUT2D eigenvalue weighted by Crippen LogP contribution is 1.81. The zero-order valence-electron chi connectivity index (χ0n) is 6.64. The molecule has 0 saturated carbocycles. The number of hydrogen-bond acceptors (Lipinski definition) is 1. The summed E-state index contributed by atoms with van der Waals surface area (Å²) in [4.78, 5) is 9.37. The van der Waals surface area contributed by atoms with Gasteiger partial charge < -0.3 is 5.11 Å². The van der Waals surface area contributed by atoms with E-state index in [1.165, 1.54) is 0 Å². The van der Waals surface area contributed by atoms with E-state index >= 15 is 0 Å². The summed E-state index contributed by atoms with van der Waals surface area (Å²) >= 11 is 0. The Morgan fingerprint density at radius 3 is 1.56 bits per heavy atom. The van der Waals surface area contributed by atoms with Gasteiger partial charge in [0.15, 0.2) is 0 Å². The molecule has 0 aliphatic carbocycles.